The summed E-state index contributed by atoms with van der Waals surface area (Å²) in [5, 5.41) is 8.13. The van der Waals surface area contributed by atoms with Crippen LogP contribution in [0.25, 0.3) is 11.1 Å². The van der Waals surface area contributed by atoms with Crippen LogP contribution in [0, 0.1) is 5.92 Å². The average Bonchev–Trinajstić information content (AvgIpc) is 2.91. The topological polar surface area (TPSA) is 27.3 Å². The van der Waals surface area contributed by atoms with Gasteiger partial charge >= 0.3 is 0 Å². The Kier molecular flexibility index (Phi) is 26.3. The SMILES string of the molecule is CCCc1c(CC)cccc1/C(=C/C=C/N/C(C)=C/C(=C\C\C=C/C(=C\CCNC1=CC=CCC1)C1=C/C=C\C(C)/C(CC)=C(/C)SC\1C)N(C1=CCC=C(c2cccc3c2SC(C)/C=C\C=C/C3)C=C1)c1ccccc1)CCCc1ccccc1. The minimum absolute atomic E-state index is 0.286. The molecule has 0 radical (unpaired) electrons. The number of hydrogen-bond donors (Lipinski definition) is 2. The van der Waals surface area contributed by atoms with Crippen molar-refractivity contribution < 1.29 is 0 Å². The molecule has 0 amide bonds. The van der Waals surface area contributed by atoms with Crippen LogP contribution in [0.15, 0.2) is 280 Å². The molecule has 2 aliphatic heterocycles. The van der Waals surface area contributed by atoms with Crippen molar-refractivity contribution in [1.82, 2.24) is 10.6 Å². The Labute approximate surface area is 527 Å². The van der Waals surface area contributed by atoms with Crippen molar-refractivity contribution in [3.63, 3.8) is 0 Å². The normalized spacial score (nSPS) is 21.5. The molecule has 2 heterocycles. The molecule has 4 aromatic carbocycles. The maximum atomic E-state index is 3.75. The summed E-state index contributed by atoms with van der Waals surface area (Å²) in [5.41, 5.74) is 21.0. The fraction of sp³-hybridized carbons (Fsp3) is 0.309. The predicted molar refractivity (Wildman–Crippen MR) is 381 cm³/mol. The monoisotopic (exact) mass is 1170 g/mol. The lowest BCUT2D eigenvalue weighted by Gasteiger charge is -2.28. The highest BCUT2D eigenvalue weighted by molar-refractivity contribution is 8.03. The van der Waals surface area contributed by atoms with Crippen LogP contribution in [0.4, 0.5) is 5.69 Å². The van der Waals surface area contributed by atoms with Gasteiger partial charge < -0.3 is 15.5 Å². The maximum Gasteiger partial charge on any atom is 0.0461 e. The average molecular weight is 1170 g/mol. The summed E-state index contributed by atoms with van der Waals surface area (Å²) in [6.07, 6.45) is 63.9. The molecule has 2 aliphatic carbocycles. The summed E-state index contributed by atoms with van der Waals surface area (Å²) >= 11 is 3.98. The lowest BCUT2D eigenvalue weighted by Crippen LogP contribution is -2.21. The number of fused-ring (bicyclic) bond motifs is 1. The fourth-order valence-corrected chi connectivity index (χ4v) is 14.5. The van der Waals surface area contributed by atoms with Crippen LogP contribution in [0.1, 0.15) is 147 Å². The van der Waals surface area contributed by atoms with Gasteiger partial charge in [-0.25, -0.2) is 0 Å². The van der Waals surface area contributed by atoms with E-state index in [9.17, 15) is 0 Å². The van der Waals surface area contributed by atoms with E-state index in [1.807, 2.05) is 23.5 Å². The molecule has 0 saturated carbocycles. The first kappa shape index (κ1) is 64.8. The molecule has 4 aliphatic rings. The molecular formula is C81H95N3S2. The van der Waals surface area contributed by atoms with Gasteiger partial charge in [0.25, 0.3) is 0 Å². The minimum atomic E-state index is 0.286. The number of aryl methyl sites for hydroxylation is 2. The number of nitrogens with zero attached hydrogens (tertiary/aromatic N) is 1. The van der Waals surface area contributed by atoms with Crippen molar-refractivity contribution in [3.05, 3.63) is 309 Å². The predicted octanol–water partition coefficient (Wildman–Crippen LogP) is 22.1. The molecule has 5 heteroatoms. The van der Waals surface area contributed by atoms with E-state index in [1.54, 1.807) is 0 Å². The number of allylic oxidation sites excluding steroid dienone is 26. The van der Waals surface area contributed by atoms with E-state index in [0.29, 0.717) is 11.2 Å². The Balaban J connectivity index is 1.16. The van der Waals surface area contributed by atoms with Crippen molar-refractivity contribution in [2.45, 2.75) is 154 Å². The number of rotatable bonds is 25. The molecular weight excluding hydrogens is 1080 g/mol. The van der Waals surface area contributed by atoms with Crippen molar-refractivity contribution >= 4 is 40.4 Å². The van der Waals surface area contributed by atoms with Gasteiger partial charge in [0.15, 0.2) is 0 Å². The third-order valence-electron chi connectivity index (χ3n) is 16.4. The van der Waals surface area contributed by atoms with Crippen LogP contribution in [0.3, 0.4) is 0 Å². The van der Waals surface area contributed by atoms with E-state index in [4.69, 9.17) is 0 Å². The molecule has 446 valence electrons. The smallest absolute Gasteiger partial charge is 0.0461 e. The van der Waals surface area contributed by atoms with Crippen molar-refractivity contribution in [3.8, 4) is 0 Å². The zero-order valence-corrected chi connectivity index (χ0v) is 54.5. The van der Waals surface area contributed by atoms with Gasteiger partial charge in [0.2, 0.25) is 0 Å². The number of para-hydroxylation sites is 1. The molecule has 0 aromatic heterocycles. The van der Waals surface area contributed by atoms with Gasteiger partial charge in [-0.1, -0.05) is 228 Å². The quantitative estimate of drug-likeness (QED) is 0.0510. The maximum absolute atomic E-state index is 3.75. The number of thioether (sulfide) groups is 2. The fourth-order valence-electron chi connectivity index (χ4n) is 12.0. The van der Waals surface area contributed by atoms with E-state index in [-0.39, 0.29) is 5.25 Å². The summed E-state index contributed by atoms with van der Waals surface area (Å²) in [6, 6.07) is 35.6. The van der Waals surface area contributed by atoms with Gasteiger partial charge in [-0.05, 0) is 208 Å². The summed E-state index contributed by atoms with van der Waals surface area (Å²) in [5.74, 6) is 0.408. The first-order valence-electron chi connectivity index (χ1n) is 32.1. The highest BCUT2D eigenvalue weighted by atomic mass is 32.2. The van der Waals surface area contributed by atoms with E-state index < -0.39 is 0 Å². The second-order valence-corrected chi connectivity index (χ2v) is 25.8. The molecule has 0 fully saturated rings. The zero-order valence-electron chi connectivity index (χ0n) is 52.8. The van der Waals surface area contributed by atoms with E-state index in [2.05, 4.69) is 302 Å². The Bertz CT molecular complexity index is 3410. The molecule has 0 saturated heterocycles. The standard InChI is InChI=1S/C81H95N3S2/c1-9-33-78-67(10-2)41-29-54-79(78)69(42-27-38-66-36-17-13-18-37-66)46-31-58-82-62(5)60-75(51-25-24-39-68(45-32-59-83-72-47-20-14-21-48-72)77-53-26-34-61(4)76(11-3)64(7)86-65(77)8)84(73-49-22-15-23-50-73)74-52-28-43-70(56-57-74)80-55-30-44-71-40-19-12-16-35-63(6)85-81(71)80/h12-20,22-24,26,29-31,34-37,39,41,43-47,49-58,60-61,63,65,82-83H,9-11,21,25,27-28,32-33,38,40,42,48,59H2,1-8H3/b19-12-,34-26-,35-16-,39-24-,58-31+,62-60+,68-45+,69-46+,75-51+,76-64-,77-53+. The summed E-state index contributed by atoms with van der Waals surface area (Å²) in [6.45, 7) is 19.3. The van der Waals surface area contributed by atoms with Gasteiger partial charge in [-0.3, -0.25) is 0 Å². The minimum Gasteiger partial charge on any atom is -0.388 e. The second-order valence-electron chi connectivity index (χ2n) is 22.9. The third kappa shape index (κ3) is 19.2. The van der Waals surface area contributed by atoms with Crippen LogP contribution in [-0.2, 0) is 25.7 Å². The van der Waals surface area contributed by atoms with Gasteiger partial charge in [-0.15, -0.1) is 23.5 Å². The molecule has 3 unspecified atom stereocenters. The number of nitrogens with one attached hydrogen (secondary N) is 2. The van der Waals surface area contributed by atoms with Gasteiger partial charge in [0.05, 0.1) is 0 Å². The lowest BCUT2D eigenvalue weighted by molar-refractivity contribution is 0.744. The van der Waals surface area contributed by atoms with E-state index in [1.165, 1.54) is 76.7 Å². The highest BCUT2D eigenvalue weighted by Crippen LogP contribution is 2.40. The molecule has 3 atom stereocenters. The molecule has 8 rings (SSSR count). The zero-order chi connectivity index (χ0) is 60.3. The Morgan fingerprint density at radius 1 is 0.779 bits per heavy atom. The Hall–Kier alpha value is -7.18. The van der Waals surface area contributed by atoms with E-state index >= 15 is 0 Å². The molecule has 0 spiro atoms. The molecule has 4 aromatic rings. The Morgan fingerprint density at radius 3 is 2.40 bits per heavy atom. The van der Waals surface area contributed by atoms with Crippen LogP contribution in [-0.4, -0.2) is 17.0 Å². The summed E-state index contributed by atoms with van der Waals surface area (Å²) < 4.78 is 0. The molecule has 0 bridgehead atoms. The molecule has 2 N–H and O–H groups in total. The van der Waals surface area contributed by atoms with Crippen LogP contribution >= 0.6 is 23.5 Å². The van der Waals surface area contributed by atoms with Gasteiger partial charge in [-0.2, -0.15) is 0 Å². The van der Waals surface area contributed by atoms with Crippen LogP contribution in [0.2, 0.25) is 0 Å². The van der Waals surface area contributed by atoms with Gasteiger partial charge in [0, 0.05) is 56.6 Å². The second kappa shape index (κ2) is 34.8. The van der Waals surface area contributed by atoms with Gasteiger partial charge in [0.1, 0.15) is 0 Å². The van der Waals surface area contributed by atoms with Crippen molar-refractivity contribution in [2.75, 3.05) is 11.4 Å². The molecule has 3 nitrogen and oxygen atoms in total. The first-order valence-corrected chi connectivity index (χ1v) is 33.8. The third-order valence-corrected chi connectivity index (χ3v) is 18.9. The molecule has 86 heavy (non-hydrogen) atoms. The largest absolute Gasteiger partial charge is 0.388 e. The highest BCUT2D eigenvalue weighted by Gasteiger charge is 2.21. The Morgan fingerprint density at radius 2 is 1.60 bits per heavy atom. The number of hydrogen-bond acceptors (Lipinski definition) is 5. The van der Waals surface area contributed by atoms with Crippen LogP contribution in [0.5, 0.6) is 0 Å². The summed E-state index contributed by atoms with van der Waals surface area (Å²) in [7, 11) is 0. The summed E-state index contributed by atoms with van der Waals surface area (Å²) in [4.78, 5) is 5.27. The lowest BCUT2D eigenvalue weighted by atomic mass is 9.89. The van der Waals surface area contributed by atoms with Crippen molar-refractivity contribution in [1.29, 1.82) is 0 Å². The van der Waals surface area contributed by atoms with Crippen molar-refractivity contribution in [2.24, 2.45) is 5.92 Å². The number of benzene rings is 4. The number of anilines is 1. The first-order chi connectivity index (χ1) is 42.1. The van der Waals surface area contributed by atoms with E-state index in [0.717, 1.165) is 113 Å². The van der Waals surface area contributed by atoms with Crippen LogP contribution < -0.4 is 15.5 Å².